The van der Waals surface area contributed by atoms with Crippen LogP contribution in [-0.4, -0.2) is 49.9 Å². The molecular formula is C17H23N3O2. The number of nitrogens with zero attached hydrogens (tertiary/aromatic N) is 1. The van der Waals surface area contributed by atoms with Gasteiger partial charge in [0.05, 0.1) is 0 Å². The molecule has 1 fully saturated rings. The number of likely N-dealkylation sites (N-methyl/N-ethyl adjacent to an activating group) is 1. The molecule has 1 unspecified atom stereocenters. The Morgan fingerprint density at radius 1 is 1.27 bits per heavy atom. The van der Waals surface area contributed by atoms with E-state index in [0.29, 0.717) is 5.56 Å². The summed E-state index contributed by atoms with van der Waals surface area (Å²) in [4.78, 5) is 25.7. The quantitative estimate of drug-likeness (QED) is 0.805. The number of benzene rings is 1. The van der Waals surface area contributed by atoms with Crippen LogP contribution in [-0.2, 0) is 4.79 Å². The first-order valence-electron chi connectivity index (χ1n) is 7.61. The molecular weight excluding hydrogens is 278 g/mol. The summed E-state index contributed by atoms with van der Waals surface area (Å²) in [6, 6.07) is 7.47. The van der Waals surface area contributed by atoms with Gasteiger partial charge >= 0.3 is 0 Å². The number of nitrogens with one attached hydrogen (secondary N) is 2. The lowest BCUT2D eigenvalue weighted by atomic mass is 10.1. The molecule has 22 heavy (non-hydrogen) atoms. The van der Waals surface area contributed by atoms with E-state index in [9.17, 15) is 9.59 Å². The summed E-state index contributed by atoms with van der Waals surface area (Å²) >= 11 is 0. The normalized spacial score (nSPS) is 17.9. The van der Waals surface area contributed by atoms with Crippen molar-refractivity contribution in [3.8, 4) is 0 Å². The Labute approximate surface area is 131 Å². The molecule has 1 aromatic carbocycles. The Bertz CT molecular complexity index is 552. The second-order valence-electron chi connectivity index (χ2n) is 5.42. The van der Waals surface area contributed by atoms with Gasteiger partial charge in [-0.3, -0.25) is 9.59 Å². The number of hydrogen-bond acceptors (Lipinski definition) is 3. The number of hydrogen-bond donors (Lipinski definition) is 2. The Morgan fingerprint density at radius 2 is 2.00 bits per heavy atom. The van der Waals surface area contributed by atoms with Gasteiger partial charge in [0.1, 0.15) is 0 Å². The summed E-state index contributed by atoms with van der Waals surface area (Å²) in [6.45, 7) is 1.66. The highest BCUT2D eigenvalue weighted by Gasteiger charge is 2.26. The zero-order valence-electron chi connectivity index (χ0n) is 13.1. The van der Waals surface area contributed by atoms with E-state index in [1.54, 1.807) is 31.3 Å². The van der Waals surface area contributed by atoms with Crippen LogP contribution in [0.2, 0.25) is 0 Å². The third-order valence-electron chi connectivity index (χ3n) is 3.92. The molecule has 2 N–H and O–H groups in total. The van der Waals surface area contributed by atoms with Gasteiger partial charge in [-0.25, -0.2) is 0 Å². The fraction of sp³-hybridized carbons (Fsp3) is 0.412. The molecule has 118 valence electrons. The van der Waals surface area contributed by atoms with Crippen molar-refractivity contribution in [2.45, 2.75) is 18.9 Å². The lowest BCUT2D eigenvalue weighted by Crippen LogP contribution is -2.39. The maximum Gasteiger partial charge on any atom is 0.251 e. The maximum atomic E-state index is 12.3. The van der Waals surface area contributed by atoms with E-state index in [2.05, 4.69) is 10.6 Å². The minimum atomic E-state index is -0.112. The molecule has 2 rings (SSSR count). The molecule has 0 radical (unpaired) electrons. The van der Waals surface area contributed by atoms with Crippen molar-refractivity contribution in [2.75, 3.05) is 27.2 Å². The van der Waals surface area contributed by atoms with Gasteiger partial charge < -0.3 is 15.5 Å². The molecule has 0 aromatic heterocycles. The van der Waals surface area contributed by atoms with Crippen molar-refractivity contribution in [3.63, 3.8) is 0 Å². The van der Waals surface area contributed by atoms with Crippen LogP contribution in [0.5, 0.6) is 0 Å². The van der Waals surface area contributed by atoms with Gasteiger partial charge in [0.25, 0.3) is 5.91 Å². The molecule has 1 aliphatic heterocycles. The van der Waals surface area contributed by atoms with Crippen molar-refractivity contribution < 1.29 is 9.59 Å². The van der Waals surface area contributed by atoms with Crippen LogP contribution in [0.3, 0.4) is 0 Å². The number of likely N-dealkylation sites (tertiary alicyclic amines) is 1. The van der Waals surface area contributed by atoms with E-state index in [0.717, 1.165) is 31.5 Å². The Morgan fingerprint density at radius 3 is 2.64 bits per heavy atom. The Balaban J connectivity index is 1.99. The molecule has 1 aromatic rings. The van der Waals surface area contributed by atoms with E-state index < -0.39 is 0 Å². The molecule has 2 amide bonds. The Kier molecular flexibility index (Phi) is 5.72. The zero-order valence-corrected chi connectivity index (χ0v) is 13.1. The zero-order chi connectivity index (χ0) is 15.9. The summed E-state index contributed by atoms with van der Waals surface area (Å²) < 4.78 is 0. The van der Waals surface area contributed by atoms with E-state index in [1.807, 2.05) is 24.1 Å². The third-order valence-corrected chi connectivity index (χ3v) is 3.92. The van der Waals surface area contributed by atoms with Gasteiger partial charge in [0.2, 0.25) is 5.91 Å². The molecule has 0 bridgehead atoms. The largest absolute Gasteiger partial charge is 0.355 e. The minimum Gasteiger partial charge on any atom is -0.355 e. The maximum absolute atomic E-state index is 12.3. The minimum absolute atomic E-state index is 0.0492. The molecule has 5 heteroatoms. The van der Waals surface area contributed by atoms with Crippen molar-refractivity contribution in [1.29, 1.82) is 0 Å². The molecule has 0 aliphatic carbocycles. The highest BCUT2D eigenvalue weighted by Crippen LogP contribution is 2.17. The van der Waals surface area contributed by atoms with Crippen molar-refractivity contribution in [3.05, 3.63) is 41.5 Å². The molecule has 1 aliphatic rings. The monoisotopic (exact) mass is 301 g/mol. The predicted octanol–water partition coefficient (Wildman–Crippen LogP) is 1.27. The standard InChI is InChI=1S/C17H23N3O2/c1-18-12-15-4-3-11-20(15)16(21)10-7-13-5-8-14(9-6-13)17(22)19-2/h5-10,15,18H,3-4,11-12H2,1-2H3,(H,19,22). The van der Waals surface area contributed by atoms with Crippen LogP contribution < -0.4 is 10.6 Å². The highest BCUT2D eigenvalue weighted by atomic mass is 16.2. The van der Waals surface area contributed by atoms with E-state index in [-0.39, 0.29) is 17.9 Å². The number of carbonyl (C=O) groups is 2. The van der Waals surface area contributed by atoms with E-state index >= 15 is 0 Å². The van der Waals surface area contributed by atoms with Crippen LogP contribution in [0.25, 0.3) is 6.08 Å². The first-order valence-corrected chi connectivity index (χ1v) is 7.61. The van der Waals surface area contributed by atoms with Crippen LogP contribution in [0.4, 0.5) is 0 Å². The third kappa shape index (κ3) is 3.95. The summed E-state index contributed by atoms with van der Waals surface area (Å²) in [5.41, 5.74) is 1.52. The molecule has 5 nitrogen and oxygen atoms in total. The fourth-order valence-electron chi connectivity index (χ4n) is 2.73. The second-order valence-corrected chi connectivity index (χ2v) is 5.42. The lowest BCUT2D eigenvalue weighted by molar-refractivity contribution is -0.126. The van der Waals surface area contributed by atoms with Gasteiger partial charge in [0, 0.05) is 37.8 Å². The van der Waals surface area contributed by atoms with Gasteiger partial charge in [-0.2, -0.15) is 0 Å². The van der Waals surface area contributed by atoms with Crippen LogP contribution >= 0.6 is 0 Å². The van der Waals surface area contributed by atoms with Crippen LogP contribution in [0.15, 0.2) is 30.3 Å². The summed E-state index contributed by atoms with van der Waals surface area (Å²) in [6.07, 6.45) is 5.53. The number of amides is 2. The summed E-state index contributed by atoms with van der Waals surface area (Å²) in [5.74, 6) is -0.0632. The molecule has 1 atom stereocenters. The average Bonchev–Trinajstić information content (AvgIpc) is 3.01. The average molecular weight is 301 g/mol. The number of rotatable bonds is 5. The van der Waals surface area contributed by atoms with Gasteiger partial charge in [0.15, 0.2) is 0 Å². The first-order chi connectivity index (χ1) is 10.7. The van der Waals surface area contributed by atoms with Crippen molar-refractivity contribution in [2.24, 2.45) is 0 Å². The van der Waals surface area contributed by atoms with E-state index in [4.69, 9.17) is 0 Å². The first kappa shape index (κ1) is 16.2. The fourth-order valence-corrected chi connectivity index (χ4v) is 2.73. The summed E-state index contributed by atoms with van der Waals surface area (Å²) in [7, 11) is 3.51. The molecule has 0 spiro atoms. The SMILES string of the molecule is CNCC1CCCN1C(=O)C=Cc1ccc(C(=O)NC)cc1. The van der Waals surface area contributed by atoms with Gasteiger partial charge in [-0.05, 0) is 43.7 Å². The predicted molar refractivity (Wildman–Crippen MR) is 87.5 cm³/mol. The summed E-state index contributed by atoms with van der Waals surface area (Å²) in [5, 5.41) is 5.72. The van der Waals surface area contributed by atoms with Crippen molar-refractivity contribution in [1.82, 2.24) is 15.5 Å². The second kappa shape index (κ2) is 7.75. The van der Waals surface area contributed by atoms with E-state index in [1.165, 1.54) is 0 Å². The number of carbonyl (C=O) groups excluding carboxylic acids is 2. The topological polar surface area (TPSA) is 61.4 Å². The Hall–Kier alpha value is -2.14. The van der Waals surface area contributed by atoms with Crippen LogP contribution in [0, 0.1) is 0 Å². The van der Waals surface area contributed by atoms with Gasteiger partial charge in [-0.15, -0.1) is 0 Å². The van der Waals surface area contributed by atoms with Crippen molar-refractivity contribution >= 4 is 17.9 Å². The molecule has 1 heterocycles. The molecule has 1 saturated heterocycles. The highest BCUT2D eigenvalue weighted by molar-refractivity contribution is 5.95. The lowest BCUT2D eigenvalue weighted by Gasteiger charge is -2.23. The molecule has 0 saturated carbocycles. The smallest absolute Gasteiger partial charge is 0.251 e. The van der Waals surface area contributed by atoms with Gasteiger partial charge in [-0.1, -0.05) is 12.1 Å². The van der Waals surface area contributed by atoms with Crippen LogP contribution in [0.1, 0.15) is 28.8 Å².